The van der Waals surface area contributed by atoms with E-state index < -0.39 is 20.7 Å². The lowest BCUT2D eigenvalue weighted by Gasteiger charge is -2.08. The molecule has 0 unspecified atom stereocenters. The number of aromatic hydroxyl groups is 1. The van der Waals surface area contributed by atoms with Gasteiger partial charge in [0, 0.05) is 17.4 Å². The number of rotatable bonds is 3. The number of hydrogen-bond acceptors (Lipinski definition) is 12. The van der Waals surface area contributed by atoms with E-state index in [-0.39, 0.29) is 7.18 Å². The van der Waals surface area contributed by atoms with Crippen molar-refractivity contribution >= 4 is 81.5 Å². The van der Waals surface area contributed by atoms with Gasteiger partial charge < -0.3 is 16.6 Å². The summed E-state index contributed by atoms with van der Waals surface area (Å²) in [6.07, 6.45) is 3.22. The van der Waals surface area contributed by atoms with Crippen LogP contribution in [0.3, 0.4) is 0 Å². The Bertz CT molecular complexity index is 2370. The summed E-state index contributed by atoms with van der Waals surface area (Å²) in [5, 5.41) is 32.6. The molecule has 13 nitrogen and oxygen atoms in total. The van der Waals surface area contributed by atoms with Gasteiger partial charge in [-0.3, -0.25) is 4.55 Å². The fraction of sp³-hybridized carbons (Fsp3) is 0.286. The van der Waals surface area contributed by atoms with E-state index in [1.807, 2.05) is 107 Å². The van der Waals surface area contributed by atoms with Crippen molar-refractivity contribution in [3.63, 3.8) is 0 Å². The number of hydrogen-bond donors (Lipinski definition) is 4. The summed E-state index contributed by atoms with van der Waals surface area (Å²) in [7, 11) is -5.10. The van der Waals surface area contributed by atoms with E-state index in [0.29, 0.717) is 34.4 Å². The Kier molecular flexibility index (Phi) is 25.3. The van der Waals surface area contributed by atoms with E-state index >= 15 is 0 Å². The first-order chi connectivity index (χ1) is 30.1. The summed E-state index contributed by atoms with van der Waals surface area (Å²) in [6, 6.07) is 35.2. The Morgan fingerprint density at radius 3 is 1.39 bits per heavy atom. The van der Waals surface area contributed by atoms with Crippen molar-refractivity contribution in [2.24, 2.45) is 20.5 Å². The Morgan fingerprint density at radius 1 is 0.632 bits per heavy atom. The molecule has 0 radical (unpaired) electrons. The third-order valence-corrected chi connectivity index (χ3v) is 6.17. The molecule has 15 heteroatoms. The predicted octanol–water partition coefficient (Wildman–Crippen LogP) is 13.2. The molecule has 0 spiro atoms. The van der Waals surface area contributed by atoms with Crippen molar-refractivity contribution in [2.75, 3.05) is 24.8 Å². The van der Waals surface area contributed by atoms with E-state index in [4.69, 9.17) is 37.6 Å². The maximum atomic E-state index is 10.5. The number of benzene rings is 6. The highest BCUT2D eigenvalue weighted by atomic mass is 32.2. The van der Waals surface area contributed by atoms with Crippen LogP contribution in [-0.4, -0.2) is 44.0 Å². The molecule has 0 atom stereocenters. The van der Waals surface area contributed by atoms with Gasteiger partial charge in [0.15, 0.2) is 5.75 Å². The molecule has 0 fully saturated rings. The number of fused-ring (bicyclic) bond motifs is 3. The third-order valence-electron chi connectivity index (χ3n) is 6.17. The van der Waals surface area contributed by atoms with Crippen LogP contribution in [0.1, 0.15) is 78.6 Å². The standard InChI is InChI=1S/C20H16N4O.C11H10N2.2C3H8.2C2H6.CH4O3S.O3S.4H2/c21-16-9-6-13-7-10-17(20(25)18(13)19(16)22)24-23-15-8-5-12-3-1-2-4-14(12)11-15;1-12-13-11-7-6-9-4-2-3-5-10(9)8-11;2*1-3-2;2*1-2;1-5(2,3)4;1-4(2)3;;;;/h1-11,25H,21-22H2;2-8H,1H3;2*3H2,1-2H3;2*1-2H3;1H3,(H,2,3,4);;4*1H/i;;;;;;;;3*1+1D;1+1. The zero-order chi connectivity index (χ0) is 50.0. The van der Waals surface area contributed by atoms with Crippen molar-refractivity contribution < 1.29 is 41.0 Å². The minimum absolute atomic E-state index is 0. The van der Waals surface area contributed by atoms with Crippen LogP contribution < -0.4 is 11.5 Å². The maximum Gasteiger partial charge on any atom is 0.425 e. The van der Waals surface area contributed by atoms with E-state index in [1.54, 1.807) is 19.2 Å². The Labute approximate surface area is 350 Å². The van der Waals surface area contributed by atoms with Gasteiger partial charge in [-0.25, -0.2) is 0 Å². The van der Waals surface area contributed by atoms with Crippen LogP contribution in [0.4, 0.5) is 28.4 Å². The Balaban J connectivity index is -0.000000182. The number of nitrogens with two attached hydrogens (primary N) is 2. The molecule has 0 aromatic heterocycles. The van der Waals surface area contributed by atoms with Gasteiger partial charge in [-0.15, -0.1) is 17.7 Å². The van der Waals surface area contributed by atoms with E-state index in [1.165, 1.54) is 23.6 Å². The normalized spacial score (nSPS) is 10.3. The molecular formula is C42H66N6O7S2. The van der Waals surface area contributed by atoms with Gasteiger partial charge in [-0.1, -0.05) is 141 Å². The number of anilines is 2. The fourth-order valence-corrected chi connectivity index (χ4v) is 4.22. The van der Waals surface area contributed by atoms with E-state index in [0.717, 1.165) is 21.8 Å². The van der Waals surface area contributed by atoms with Gasteiger partial charge in [0.05, 0.1) is 34.4 Å². The zero-order valence-corrected chi connectivity index (χ0v) is 36.1. The quantitative estimate of drug-likeness (QED) is 0.0754. The molecule has 6 N–H and O–H groups in total. The smallest absolute Gasteiger partial charge is 0.425 e. The molecule has 0 aliphatic heterocycles. The van der Waals surface area contributed by atoms with Crippen LogP contribution in [0.5, 0.6) is 5.75 Å². The largest absolute Gasteiger partial charge is 0.505 e. The second-order valence-corrected chi connectivity index (χ2v) is 12.9. The van der Waals surface area contributed by atoms with Crippen molar-refractivity contribution in [1.29, 1.82) is 0 Å². The molecular weight excluding hydrogens is 765 g/mol. The molecule has 6 rings (SSSR count). The van der Waals surface area contributed by atoms with Gasteiger partial charge in [0.2, 0.25) is 0 Å². The van der Waals surface area contributed by atoms with Crippen molar-refractivity contribution in [2.45, 2.75) is 68.2 Å². The minimum atomic E-state index is -3.67. The highest BCUT2D eigenvalue weighted by molar-refractivity contribution is 7.85. The second-order valence-electron chi connectivity index (χ2n) is 11.0. The highest BCUT2D eigenvalue weighted by Crippen LogP contribution is 2.40. The zero-order valence-electron chi connectivity index (χ0n) is 40.5. The fourth-order valence-electron chi connectivity index (χ4n) is 4.22. The molecule has 318 valence electrons. The second kappa shape index (κ2) is 30.4. The van der Waals surface area contributed by atoms with Crippen LogP contribution in [0.2, 0.25) is 0 Å². The van der Waals surface area contributed by atoms with Crippen LogP contribution >= 0.6 is 0 Å². The van der Waals surface area contributed by atoms with Crippen molar-refractivity contribution in [3.05, 3.63) is 109 Å². The van der Waals surface area contributed by atoms with Crippen LogP contribution in [-0.2, 0) is 20.7 Å². The van der Waals surface area contributed by atoms with E-state index in [9.17, 15) is 13.5 Å². The summed E-state index contributed by atoms with van der Waals surface area (Å²) in [4.78, 5) is 0. The van der Waals surface area contributed by atoms with Gasteiger partial charge in [0.1, 0.15) is 5.69 Å². The first kappa shape index (κ1) is 47.4. The summed E-state index contributed by atoms with van der Waals surface area (Å²) >= 11 is 0. The summed E-state index contributed by atoms with van der Waals surface area (Å²) in [5.41, 5.74) is 14.6. The highest BCUT2D eigenvalue weighted by Gasteiger charge is 2.11. The average Bonchev–Trinajstić information content (AvgIpc) is 3.28. The molecule has 0 bridgehead atoms. The van der Waals surface area contributed by atoms with Crippen LogP contribution in [0, 0.1) is 0 Å². The maximum absolute atomic E-state index is 10.5. The topological polar surface area (TPSA) is 227 Å². The molecule has 0 aliphatic rings. The van der Waals surface area contributed by atoms with Crippen LogP contribution in [0.15, 0.2) is 130 Å². The predicted molar refractivity (Wildman–Crippen MR) is 247 cm³/mol. The molecule has 6 aromatic rings. The Hall–Kier alpha value is -5.77. The third kappa shape index (κ3) is 22.4. The van der Waals surface area contributed by atoms with Gasteiger partial charge in [-0.05, 0) is 63.3 Å². The summed E-state index contributed by atoms with van der Waals surface area (Å²) in [5.74, 6) is -0.0214. The molecule has 0 saturated carbocycles. The lowest BCUT2D eigenvalue weighted by molar-refractivity contribution is 0.482. The minimum Gasteiger partial charge on any atom is -0.505 e. The summed E-state index contributed by atoms with van der Waals surface area (Å²) < 4.78 is 81.2. The van der Waals surface area contributed by atoms with Crippen molar-refractivity contribution in [3.8, 4) is 5.75 Å². The van der Waals surface area contributed by atoms with Gasteiger partial charge in [0.25, 0.3) is 10.1 Å². The lowest BCUT2D eigenvalue weighted by Crippen LogP contribution is -1.95. The lowest BCUT2D eigenvalue weighted by atomic mass is 10.1. The molecule has 0 heterocycles. The van der Waals surface area contributed by atoms with Crippen LogP contribution in [0.25, 0.3) is 32.3 Å². The molecule has 0 amide bonds. The number of phenolic OH excluding ortho intramolecular Hbond substituents is 1. The number of phenols is 1. The average molecular weight is 838 g/mol. The molecule has 57 heavy (non-hydrogen) atoms. The monoisotopic (exact) mass is 837 g/mol. The van der Waals surface area contributed by atoms with Gasteiger partial charge >= 0.3 is 10.6 Å². The van der Waals surface area contributed by atoms with Gasteiger partial charge in [-0.2, -0.15) is 23.8 Å². The SMILES string of the molecule is CC.CC.CCC.CCC.CN=Nc1ccc2ccccc2c1.CS(=O)(=O)O.Nc1ccc2ccc(N=Nc3ccc4ccccc4c3)c(O)c2c1N.O=S(=O)=O.[2HH].[2H][2H].[2H][2H].[2H][2H]. The first-order valence-electron chi connectivity index (χ1n) is 21.3. The first-order valence-corrected chi connectivity index (χ1v) is 21.1. The number of azo groups is 2. The Morgan fingerprint density at radius 2 is 0.982 bits per heavy atom. The molecule has 6 aromatic carbocycles. The molecule has 0 aliphatic carbocycles. The van der Waals surface area contributed by atoms with Crippen molar-refractivity contribution in [1.82, 2.24) is 0 Å². The number of nitrogens with zero attached hydrogens (tertiary/aromatic N) is 4. The molecule has 0 saturated heterocycles. The van der Waals surface area contributed by atoms with E-state index in [2.05, 4.69) is 66.4 Å². The number of nitrogen functional groups attached to an aromatic ring is 2. The summed E-state index contributed by atoms with van der Waals surface area (Å²) in [6.45, 7) is 16.5.